The van der Waals surface area contributed by atoms with Gasteiger partial charge in [-0.3, -0.25) is 9.79 Å². The molecule has 0 bridgehead atoms. The average Bonchev–Trinajstić information content (AvgIpc) is 2.44. The van der Waals surface area contributed by atoms with Crippen molar-refractivity contribution in [2.45, 2.75) is 6.42 Å². The van der Waals surface area contributed by atoms with Crippen LogP contribution in [-0.2, 0) is 4.79 Å². The van der Waals surface area contributed by atoms with Gasteiger partial charge in [0.1, 0.15) is 0 Å². The molecule has 0 unspecified atom stereocenters. The number of nitrogens with one attached hydrogen (secondary N) is 1. The second-order valence-electron chi connectivity index (χ2n) is 3.22. The third-order valence-corrected chi connectivity index (χ3v) is 2.17. The Bertz CT molecular complexity index is 357. The average molecular weight is 188 g/mol. The molecule has 1 aromatic carbocycles. The number of hydrogen-bond donors (Lipinski definition) is 1. The van der Waals surface area contributed by atoms with E-state index in [9.17, 15) is 4.79 Å². The van der Waals surface area contributed by atoms with Gasteiger partial charge in [0.15, 0.2) is 0 Å². The van der Waals surface area contributed by atoms with Crippen LogP contribution in [-0.4, -0.2) is 24.7 Å². The van der Waals surface area contributed by atoms with Crippen molar-refractivity contribution in [3.05, 3.63) is 35.9 Å². The molecule has 0 aliphatic carbocycles. The van der Waals surface area contributed by atoms with E-state index in [1.165, 1.54) is 0 Å². The molecular weight excluding hydrogens is 176 g/mol. The van der Waals surface area contributed by atoms with Gasteiger partial charge in [-0.15, -0.1) is 0 Å². The quantitative estimate of drug-likeness (QED) is 0.701. The fourth-order valence-corrected chi connectivity index (χ4v) is 1.48. The zero-order valence-electron chi connectivity index (χ0n) is 7.86. The van der Waals surface area contributed by atoms with E-state index in [0.717, 1.165) is 11.3 Å². The van der Waals surface area contributed by atoms with Crippen LogP contribution in [0.15, 0.2) is 35.3 Å². The third kappa shape index (κ3) is 1.99. The van der Waals surface area contributed by atoms with E-state index in [1.807, 2.05) is 30.3 Å². The second-order valence-corrected chi connectivity index (χ2v) is 3.22. The molecule has 1 N–H and O–H groups in total. The lowest BCUT2D eigenvalue weighted by Crippen LogP contribution is -2.24. The topological polar surface area (TPSA) is 41.5 Å². The minimum atomic E-state index is 0.0603. The molecule has 0 radical (unpaired) electrons. The first kappa shape index (κ1) is 8.94. The maximum atomic E-state index is 11.3. The molecule has 0 aromatic heterocycles. The summed E-state index contributed by atoms with van der Waals surface area (Å²) in [4.78, 5) is 15.7. The summed E-state index contributed by atoms with van der Waals surface area (Å²) in [5, 5.41) is 2.79. The van der Waals surface area contributed by atoms with Crippen LogP contribution in [0.5, 0.6) is 0 Å². The van der Waals surface area contributed by atoms with Crippen molar-refractivity contribution in [3.63, 3.8) is 0 Å². The Morgan fingerprint density at radius 1 is 1.21 bits per heavy atom. The van der Waals surface area contributed by atoms with Gasteiger partial charge in [0, 0.05) is 6.54 Å². The Morgan fingerprint density at radius 2 is 2.00 bits per heavy atom. The molecule has 1 aliphatic rings. The standard InChI is InChI=1S/C11H12N2O/c14-11-8-10(12-6-7-13-11)9-4-2-1-3-5-9/h1-5H,6-8H2,(H,13,14). The number of benzene rings is 1. The van der Waals surface area contributed by atoms with Crippen LogP contribution in [0.4, 0.5) is 0 Å². The molecule has 0 spiro atoms. The number of amides is 1. The van der Waals surface area contributed by atoms with Crippen molar-refractivity contribution in [2.24, 2.45) is 4.99 Å². The molecule has 0 fully saturated rings. The summed E-state index contributed by atoms with van der Waals surface area (Å²) in [6, 6.07) is 9.84. The second kappa shape index (κ2) is 4.05. The molecule has 14 heavy (non-hydrogen) atoms. The number of carbonyl (C=O) groups excluding carboxylic acids is 1. The minimum absolute atomic E-state index is 0.0603. The van der Waals surface area contributed by atoms with Gasteiger partial charge in [-0.2, -0.15) is 0 Å². The minimum Gasteiger partial charge on any atom is -0.354 e. The van der Waals surface area contributed by atoms with Gasteiger partial charge in [-0.1, -0.05) is 30.3 Å². The maximum absolute atomic E-state index is 11.3. The molecule has 0 saturated heterocycles. The van der Waals surface area contributed by atoms with Gasteiger partial charge in [0.25, 0.3) is 0 Å². The van der Waals surface area contributed by atoms with E-state index in [2.05, 4.69) is 10.3 Å². The highest BCUT2D eigenvalue weighted by Gasteiger charge is 2.11. The molecule has 2 rings (SSSR count). The smallest absolute Gasteiger partial charge is 0.226 e. The molecule has 3 nitrogen and oxygen atoms in total. The zero-order chi connectivity index (χ0) is 9.80. The number of rotatable bonds is 1. The third-order valence-electron chi connectivity index (χ3n) is 2.17. The highest BCUT2D eigenvalue weighted by molar-refractivity contribution is 6.10. The Hall–Kier alpha value is -1.64. The van der Waals surface area contributed by atoms with Crippen LogP contribution in [0.1, 0.15) is 12.0 Å². The molecule has 1 heterocycles. The summed E-state index contributed by atoms with van der Waals surface area (Å²) < 4.78 is 0. The van der Waals surface area contributed by atoms with Crippen LogP contribution in [0, 0.1) is 0 Å². The molecular formula is C11H12N2O. The number of nitrogens with zero attached hydrogens (tertiary/aromatic N) is 1. The molecule has 1 amide bonds. The highest BCUT2D eigenvalue weighted by Crippen LogP contribution is 2.06. The molecule has 72 valence electrons. The normalized spacial score (nSPS) is 16.9. The van der Waals surface area contributed by atoms with Gasteiger partial charge in [-0.05, 0) is 5.56 Å². The fraction of sp³-hybridized carbons (Fsp3) is 0.273. The molecule has 0 atom stereocenters. The monoisotopic (exact) mass is 188 g/mol. The van der Waals surface area contributed by atoms with Gasteiger partial charge in [0.05, 0.1) is 18.7 Å². The zero-order valence-corrected chi connectivity index (χ0v) is 7.86. The van der Waals surface area contributed by atoms with E-state index in [4.69, 9.17) is 0 Å². The van der Waals surface area contributed by atoms with E-state index >= 15 is 0 Å². The van der Waals surface area contributed by atoms with Crippen molar-refractivity contribution in [3.8, 4) is 0 Å². The van der Waals surface area contributed by atoms with Gasteiger partial charge >= 0.3 is 0 Å². The lowest BCUT2D eigenvalue weighted by molar-refractivity contribution is -0.119. The Balaban J connectivity index is 2.25. The van der Waals surface area contributed by atoms with E-state index in [-0.39, 0.29) is 5.91 Å². The van der Waals surface area contributed by atoms with E-state index in [0.29, 0.717) is 19.5 Å². The van der Waals surface area contributed by atoms with E-state index in [1.54, 1.807) is 0 Å². The maximum Gasteiger partial charge on any atom is 0.226 e. The van der Waals surface area contributed by atoms with Crippen LogP contribution in [0.2, 0.25) is 0 Å². The summed E-state index contributed by atoms with van der Waals surface area (Å²) in [5.41, 5.74) is 1.94. The van der Waals surface area contributed by atoms with Gasteiger partial charge in [-0.25, -0.2) is 0 Å². The summed E-state index contributed by atoms with van der Waals surface area (Å²) in [6.07, 6.45) is 0.393. The van der Waals surface area contributed by atoms with Crippen LogP contribution < -0.4 is 5.32 Å². The molecule has 1 aliphatic heterocycles. The first-order valence-corrected chi connectivity index (χ1v) is 4.72. The largest absolute Gasteiger partial charge is 0.354 e. The lowest BCUT2D eigenvalue weighted by Gasteiger charge is -2.02. The summed E-state index contributed by atoms with van der Waals surface area (Å²) >= 11 is 0. The van der Waals surface area contributed by atoms with Crippen LogP contribution in [0.3, 0.4) is 0 Å². The number of hydrogen-bond acceptors (Lipinski definition) is 2. The van der Waals surface area contributed by atoms with Crippen molar-refractivity contribution >= 4 is 11.6 Å². The molecule has 1 aromatic rings. The fourth-order valence-electron chi connectivity index (χ4n) is 1.48. The lowest BCUT2D eigenvalue weighted by atomic mass is 10.1. The van der Waals surface area contributed by atoms with Gasteiger partial charge in [0.2, 0.25) is 5.91 Å². The van der Waals surface area contributed by atoms with Crippen molar-refractivity contribution in [2.75, 3.05) is 13.1 Å². The van der Waals surface area contributed by atoms with E-state index < -0.39 is 0 Å². The Labute approximate surface area is 82.9 Å². The first-order chi connectivity index (χ1) is 6.86. The Morgan fingerprint density at radius 3 is 2.79 bits per heavy atom. The first-order valence-electron chi connectivity index (χ1n) is 4.72. The number of aliphatic imine (C=N–C) groups is 1. The predicted octanol–water partition coefficient (Wildman–Crippen LogP) is 0.996. The van der Waals surface area contributed by atoms with Gasteiger partial charge < -0.3 is 5.32 Å². The molecule has 3 heteroatoms. The predicted molar refractivity (Wildman–Crippen MR) is 55.5 cm³/mol. The number of carbonyl (C=O) groups is 1. The summed E-state index contributed by atoms with van der Waals surface area (Å²) in [7, 11) is 0. The highest BCUT2D eigenvalue weighted by atomic mass is 16.1. The SMILES string of the molecule is O=C1CC(c2ccccc2)=NCCN1. The summed E-state index contributed by atoms with van der Waals surface area (Å²) in [6.45, 7) is 1.32. The van der Waals surface area contributed by atoms with Crippen molar-refractivity contribution in [1.82, 2.24) is 5.32 Å². The van der Waals surface area contributed by atoms with Crippen molar-refractivity contribution < 1.29 is 4.79 Å². The summed E-state index contributed by atoms with van der Waals surface area (Å²) in [5.74, 6) is 0.0603. The molecule has 0 saturated carbocycles. The van der Waals surface area contributed by atoms with Crippen molar-refractivity contribution in [1.29, 1.82) is 0 Å². The Kier molecular flexibility index (Phi) is 2.58. The van der Waals surface area contributed by atoms with Crippen LogP contribution in [0.25, 0.3) is 0 Å². The van der Waals surface area contributed by atoms with Crippen LogP contribution >= 0.6 is 0 Å².